The number of alkyl halides is 1. The molecule has 1 heterocycles. The first-order chi connectivity index (χ1) is 10.1. The Bertz CT molecular complexity index is 590. The molecule has 1 aromatic rings. The smallest absolute Gasteiger partial charge is 0.343 e. The molecule has 1 aliphatic rings. The highest BCUT2D eigenvalue weighted by atomic mass is 35.5. The molecule has 0 saturated carbocycles. The Hall–Kier alpha value is -1.82. The van der Waals surface area contributed by atoms with Crippen LogP contribution >= 0.6 is 11.6 Å². The Morgan fingerprint density at radius 2 is 1.95 bits per heavy atom. The fraction of sp³-hybridized carbons (Fsp3) is 0.467. The number of carbonyl (C=O) groups excluding carboxylic acids is 1. The highest BCUT2D eigenvalue weighted by molar-refractivity contribution is 6.30. The minimum atomic E-state index is -2.38. The number of ether oxygens (including phenoxy) is 1. The van der Waals surface area contributed by atoms with Gasteiger partial charge in [0.1, 0.15) is 5.75 Å². The lowest BCUT2D eigenvalue weighted by Gasteiger charge is -2.30. The Kier molecular flexibility index (Phi) is 4.33. The molecule has 1 saturated heterocycles. The molecule has 1 N–H and O–H groups in total. The van der Waals surface area contributed by atoms with E-state index in [0.717, 1.165) is 0 Å². The van der Waals surface area contributed by atoms with Crippen molar-refractivity contribution in [3.8, 4) is 5.75 Å². The first kappa shape index (κ1) is 16.5. The summed E-state index contributed by atoms with van der Waals surface area (Å²) in [7, 11) is 0. The van der Waals surface area contributed by atoms with Crippen LogP contribution in [0.4, 0.5) is 4.39 Å². The van der Waals surface area contributed by atoms with Gasteiger partial charge < -0.3 is 14.7 Å². The molecule has 0 bridgehead atoms. The third kappa shape index (κ3) is 3.32. The number of rotatable bonds is 4. The van der Waals surface area contributed by atoms with Gasteiger partial charge in [0.15, 0.2) is 5.60 Å². The molecule has 120 valence electrons. The fourth-order valence-corrected chi connectivity index (χ4v) is 2.47. The van der Waals surface area contributed by atoms with Crippen LogP contribution in [0.3, 0.4) is 0 Å². The normalized spacial score (nSPS) is 21.7. The van der Waals surface area contributed by atoms with E-state index >= 15 is 0 Å². The molecule has 1 atom stereocenters. The van der Waals surface area contributed by atoms with E-state index in [-0.39, 0.29) is 13.0 Å². The summed E-state index contributed by atoms with van der Waals surface area (Å²) in [6.45, 7) is 2.70. The summed E-state index contributed by atoms with van der Waals surface area (Å²) in [5.41, 5.74) is -3.62. The van der Waals surface area contributed by atoms with Crippen molar-refractivity contribution in [2.75, 3.05) is 13.1 Å². The van der Waals surface area contributed by atoms with Crippen molar-refractivity contribution in [2.24, 2.45) is 0 Å². The average molecular weight is 330 g/mol. The van der Waals surface area contributed by atoms with E-state index in [1.165, 1.54) is 4.90 Å². The SMILES string of the molecule is CC(C)(Oc1ccc(Cl)cc1)C(=O)N1CCC(F)(C(=O)O)C1. The summed E-state index contributed by atoms with van der Waals surface area (Å²) in [6, 6.07) is 6.50. The Labute approximate surface area is 132 Å². The summed E-state index contributed by atoms with van der Waals surface area (Å²) in [5, 5.41) is 9.42. The molecule has 1 aliphatic heterocycles. The zero-order valence-corrected chi connectivity index (χ0v) is 13.1. The summed E-state index contributed by atoms with van der Waals surface area (Å²) in [5.74, 6) is -1.55. The third-order valence-electron chi connectivity index (χ3n) is 3.59. The van der Waals surface area contributed by atoms with Gasteiger partial charge in [0.05, 0.1) is 6.54 Å². The zero-order valence-electron chi connectivity index (χ0n) is 12.3. The molecule has 0 radical (unpaired) electrons. The maximum absolute atomic E-state index is 14.1. The standard InChI is InChI=1S/C15H17ClFNO4/c1-14(2,22-11-5-3-10(16)4-6-11)12(19)18-8-7-15(17,9-18)13(20)21/h3-6H,7-9H2,1-2H3,(H,20,21). The number of aliphatic carboxylic acids is 1. The summed E-state index contributed by atoms with van der Waals surface area (Å²) >= 11 is 5.78. The maximum Gasteiger partial charge on any atom is 0.343 e. The van der Waals surface area contributed by atoms with Gasteiger partial charge in [0.25, 0.3) is 5.91 Å². The minimum Gasteiger partial charge on any atom is -0.479 e. The molecule has 2 rings (SSSR count). The van der Waals surface area contributed by atoms with Gasteiger partial charge in [-0.05, 0) is 38.1 Å². The summed E-state index contributed by atoms with van der Waals surface area (Å²) < 4.78 is 19.7. The maximum atomic E-state index is 14.1. The highest BCUT2D eigenvalue weighted by Gasteiger charge is 2.49. The van der Waals surface area contributed by atoms with E-state index in [1.54, 1.807) is 38.1 Å². The Balaban J connectivity index is 2.08. The number of amides is 1. The van der Waals surface area contributed by atoms with Gasteiger partial charge in [-0.1, -0.05) is 11.6 Å². The lowest BCUT2D eigenvalue weighted by molar-refractivity contribution is -0.151. The van der Waals surface area contributed by atoms with E-state index in [9.17, 15) is 14.0 Å². The van der Waals surface area contributed by atoms with E-state index in [2.05, 4.69) is 0 Å². The topological polar surface area (TPSA) is 66.8 Å². The third-order valence-corrected chi connectivity index (χ3v) is 3.84. The largest absolute Gasteiger partial charge is 0.479 e. The number of carbonyl (C=O) groups is 2. The highest BCUT2D eigenvalue weighted by Crippen LogP contribution is 2.29. The molecule has 5 nitrogen and oxygen atoms in total. The quantitative estimate of drug-likeness (QED) is 0.921. The molecular formula is C15H17ClFNO4. The van der Waals surface area contributed by atoms with E-state index in [4.69, 9.17) is 21.4 Å². The van der Waals surface area contributed by atoms with Crippen LogP contribution in [-0.2, 0) is 9.59 Å². The van der Waals surface area contributed by atoms with Crippen LogP contribution in [0, 0.1) is 0 Å². The van der Waals surface area contributed by atoms with Crippen LogP contribution in [0.5, 0.6) is 5.75 Å². The van der Waals surface area contributed by atoms with Gasteiger partial charge in [0, 0.05) is 18.0 Å². The van der Waals surface area contributed by atoms with Gasteiger partial charge >= 0.3 is 5.97 Å². The van der Waals surface area contributed by atoms with Crippen molar-refractivity contribution in [3.05, 3.63) is 29.3 Å². The van der Waals surface area contributed by atoms with E-state index < -0.39 is 29.7 Å². The average Bonchev–Trinajstić information content (AvgIpc) is 2.84. The lowest BCUT2D eigenvalue weighted by Crippen LogP contribution is -2.49. The van der Waals surface area contributed by atoms with Crippen LogP contribution < -0.4 is 4.74 Å². The van der Waals surface area contributed by atoms with Gasteiger partial charge in [-0.3, -0.25) is 4.79 Å². The van der Waals surface area contributed by atoms with Gasteiger partial charge in [0.2, 0.25) is 5.67 Å². The van der Waals surface area contributed by atoms with Crippen molar-refractivity contribution in [3.63, 3.8) is 0 Å². The first-order valence-electron chi connectivity index (χ1n) is 6.80. The molecule has 22 heavy (non-hydrogen) atoms. The number of halogens is 2. The number of hydrogen-bond donors (Lipinski definition) is 1. The van der Waals surface area contributed by atoms with Crippen LogP contribution in [-0.4, -0.2) is 46.2 Å². The Morgan fingerprint density at radius 1 is 1.36 bits per heavy atom. The molecule has 1 aromatic carbocycles. The fourth-order valence-electron chi connectivity index (χ4n) is 2.34. The van der Waals surface area contributed by atoms with E-state index in [0.29, 0.717) is 10.8 Å². The van der Waals surface area contributed by atoms with Crippen LogP contribution in [0.2, 0.25) is 5.02 Å². The van der Waals surface area contributed by atoms with Crippen LogP contribution in [0.15, 0.2) is 24.3 Å². The summed E-state index contributed by atoms with van der Waals surface area (Å²) in [4.78, 5) is 24.6. The van der Waals surface area contributed by atoms with Crippen molar-refractivity contribution in [2.45, 2.75) is 31.5 Å². The predicted octanol–water partition coefficient (Wildman–Crippen LogP) is 2.52. The molecule has 0 aliphatic carbocycles. The minimum absolute atomic E-state index is 0.0506. The first-order valence-corrected chi connectivity index (χ1v) is 7.18. The number of hydrogen-bond acceptors (Lipinski definition) is 3. The van der Waals surface area contributed by atoms with Crippen molar-refractivity contribution < 1.29 is 23.8 Å². The van der Waals surface area contributed by atoms with Crippen LogP contribution in [0.1, 0.15) is 20.3 Å². The Morgan fingerprint density at radius 3 is 2.45 bits per heavy atom. The van der Waals surface area contributed by atoms with Crippen molar-refractivity contribution >= 4 is 23.5 Å². The molecule has 0 aromatic heterocycles. The second kappa shape index (κ2) is 5.76. The van der Waals surface area contributed by atoms with Crippen LogP contribution in [0.25, 0.3) is 0 Å². The zero-order chi connectivity index (χ0) is 16.5. The van der Waals surface area contributed by atoms with E-state index in [1.807, 2.05) is 0 Å². The second-order valence-corrected chi connectivity index (χ2v) is 6.25. The predicted molar refractivity (Wildman–Crippen MR) is 78.8 cm³/mol. The number of benzene rings is 1. The van der Waals surface area contributed by atoms with Crippen molar-refractivity contribution in [1.82, 2.24) is 4.90 Å². The monoisotopic (exact) mass is 329 g/mol. The molecule has 0 spiro atoms. The number of carboxylic acids is 1. The molecule has 1 amide bonds. The number of carboxylic acid groups (broad SMARTS) is 1. The van der Waals surface area contributed by atoms with Gasteiger partial charge in [-0.25, -0.2) is 9.18 Å². The van der Waals surface area contributed by atoms with Gasteiger partial charge in [-0.2, -0.15) is 0 Å². The molecule has 7 heteroatoms. The van der Waals surface area contributed by atoms with Gasteiger partial charge in [-0.15, -0.1) is 0 Å². The van der Waals surface area contributed by atoms with Crippen molar-refractivity contribution in [1.29, 1.82) is 0 Å². The molecular weight excluding hydrogens is 313 g/mol. The summed E-state index contributed by atoms with van der Waals surface area (Å²) in [6.07, 6.45) is -0.217. The molecule has 1 fully saturated rings. The second-order valence-electron chi connectivity index (χ2n) is 5.81. The molecule has 1 unspecified atom stereocenters. The number of likely N-dealkylation sites (tertiary alicyclic amines) is 1. The number of nitrogens with zero attached hydrogens (tertiary/aromatic N) is 1. The lowest BCUT2D eigenvalue weighted by atomic mass is 10.1.